The molecule has 0 bridgehead atoms. The minimum absolute atomic E-state index is 0.0890. The van der Waals surface area contributed by atoms with Gasteiger partial charge in [0.1, 0.15) is 27.0 Å². The molecule has 5 heterocycles. The molecule has 1 saturated carbocycles. The molecular weight excluding hydrogens is 542 g/mol. The first-order valence-corrected chi connectivity index (χ1v) is 14.0. The predicted molar refractivity (Wildman–Crippen MR) is 156 cm³/mol. The smallest absolute Gasteiger partial charge is 0.332 e. The summed E-state index contributed by atoms with van der Waals surface area (Å²) in [6, 6.07) is 8.30. The number of carbonyl (C=O) groups excluding carboxylic acids is 3. The van der Waals surface area contributed by atoms with Gasteiger partial charge in [0, 0.05) is 24.5 Å². The summed E-state index contributed by atoms with van der Waals surface area (Å²) < 4.78 is 5.82. The van der Waals surface area contributed by atoms with E-state index in [4.69, 9.17) is 4.74 Å². The lowest BCUT2D eigenvalue weighted by Gasteiger charge is -2.27. The van der Waals surface area contributed by atoms with Crippen molar-refractivity contribution in [1.82, 2.24) is 25.6 Å². The molecule has 12 heteroatoms. The minimum Gasteiger partial charge on any atom is -0.454 e. The van der Waals surface area contributed by atoms with Crippen LogP contribution in [0.3, 0.4) is 0 Å². The Bertz CT molecular complexity index is 1650. The second-order valence-corrected chi connectivity index (χ2v) is 10.9. The van der Waals surface area contributed by atoms with Crippen molar-refractivity contribution in [2.45, 2.75) is 32.2 Å². The van der Waals surface area contributed by atoms with E-state index >= 15 is 0 Å². The molecule has 1 fully saturated rings. The number of carbonyl (C=O) groups is 3. The molecule has 0 aromatic carbocycles. The lowest BCUT2D eigenvalue weighted by Crippen LogP contribution is -2.42. The summed E-state index contributed by atoms with van der Waals surface area (Å²) in [4.78, 5) is 54.1. The highest BCUT2D eigenvalue weighted by Crippen LogP contribution is 2.45. The first kappa shape index (κ1) is 26.4. The maximum atomic E-state index is 13.5. The van der Waals surface area contributed by atoms with Crippen LogP contribution in [0.5, 0.6) is 11.5 Å². The number of amides is 4. The average Bonchev–Trinajstić information content (AvgIpc) is 3.58. The number of aryl methyl sites for hydroxylation is 1. The topological polar surface area (TPSA) is 138 Å². The number of aromatic nitrogens is 3. The number of nitrogens with zero attached hydrogens (tertiary/aromatic N) is 4. The maximum absolute atomic E-state index is 13.5. The van der Waals surface area contributed by atoms with Gasteiger partial charge in [0.05, 0.1) is 29.2 Å². The van der Waals surface area contributed by atoms with Gasteiger partial charge in [-0.05, 0) is 62.1 Å². The van der Waals surface area contributed by atoms with Crippen LogP contribution < -0.4 is 25.6 Å². The molecule has 6 rings (SSSR count). The molecule has 41 heavy (non-hydrogen) atoms. The molecule has 0 spiro atoms. The van der Waals surface area contributed by atoms with E-state index in [9.17, 15) is 14.4 Å². The van der Waals surface area contributed by atoms with Crippen molar-refractivity contribution in [3.8, 4) is 11.5 Å². The average molecular weight is 570 g/mol. The van der Waals surface area contributed by atoms with Gasteiger partial charge in [0.25, 0.3) is 5.91 Å². The molecule has 1 aliphatic heterocycles. The maximum Gasteiger partial charge on any atom is 0.332 e. The number of hydrogen-bond donors (Lipinski definition) is 3. The summed E-state index contributed by atoms with van der Waals surface area (Å²) in [5.74, 6) is 1.08. The van der Waals surface area contributed by atoms with Crippen LogP contribution in [0.2, 0.25) is 0 Å². The van der Waals surface area contributed by atoms with Crippen molar-refractivity contribution in [3.63, 3.8) is 0 Å². The van der Waals surface area contributed by atoms with Crippen molar-refractivity contribution in [2.75, 3.05) is 16.8 Å². The molecule has 3 N–H and O–H groups in total. The van der Waals surface area contributed by atoms with E-state index in [-0.39, 0.29) is 23.8 Å². The van der Waals surface area contributed by atoms with Gasteiger partial charge >= 0.3 is 6.03 Å². The van der Waals surface area contributed by atoms with E-state index in [1.807, 2.05) is 19.1 Å². The lowest BCUT2D eigenvalue weighted by atomic mass is 10.0. The van der Waals surface area contributed by atoms with Crippen LogP contribution in [0.25, 0.3) is 10.2 Å². The van der Waals surface area contributed by atoms with Crippen molar-refractivity contribution < 1.29 is 19.1 Å². The van der Waals surface area contributed by atoms with Crippen LogP contribution in [0.15, 0.2) is 61.6 Å². The fourth-order valence-corrected chi connectivity index (χ4v) is 6.22. The molecule has 0 saturated heterocycles. The SMILES string of the molecule is C=CC(=O)NC[C@H]1CCC[C@H]1NC(=O)c1sc2nccc3c2c1NC(=O)N3c1ccc(Oc2ccc(C)nc2)cn1. The van der Waals surface area contributed by atoms with E-state index < -0.39 is 6.03 Å². The van der Waals surface area contributed by atoms with Crippen LogP contribution in [0, 0.1) is 12.8 Å². The van der Waals surface area contributed by atoms with Gasteiger partial charge in [-0.3, -0.25) is 14.6 Å². The molecule has 4 aromatic heterocycles. The van der Waals surface area contributed by atoms with Gasteiger partial charge in [-0.1, -0.05) is 13.0 Å². The first-order chi connectivity index (χ1) is 19.9. The Morgan fingerprint density at radius 2 is 1.95 bits per heavy atom. The molecule has 0 unspecified atom stereocenters. The van der Waals surface area contributed by atoms with Gasteiger partial charge in [-0.2, -0.15) is 0 Å². The second kappa shape index (κ2) is 11.0. The number of pyridine rings is 3. The number of anilines is 3. The molecule has 4 aromatic rings. The van der Waals surface area contributed by atoms with Crippen LogP contribution in [-0.2, 0) is 4.79 Å². The summed E-state index contributed by atoms with van der Waals surface area (Å²) in [5.41, 5.74) is 1.91. The van der Waals surface area contributed by atoms with Gasteiger partial charge in [0.2, 0.25) is 5.91 Å². The number of urea groups is 1. The Morgan fingerprint density at radius 3 is 2.68 bits per heavy atom. The lowest BCUT2D eigenvalue weighted by molar-refractivity contribution is -0.116. The highest BCUT2D eigenvalue weighted by molar-refractivity contribution is 7.21. The summed E-state index contributed by atoms with van der Waals surface area (Å²) in [6.45, 7) is 5.84. The van der Waals surface area contributed by atoms with Gasteiger partial charge in [-0.25, -0.2) is 19.7 Å². The molecule has 208 valence electrons. The molecular formula is C29H27N7O4S. The first-order valence-electron chi connectivity index (χ1n) is 13.2. The highest BCUT2D eigenvalue weighted by atomic mass is 32.1. The zero-order valence-corrected chi connectivity index (χ0v) is 23.0. The van der Waals surface area contributed by atoms with Crippen molar-refractivity contribution in [2.24, 2.45) is 5.92 Å². The van der Waals surface area contributed by atoms with Crippen LogP contribution in [0.1, 0.15) is 34.6 Å². The van der Waals surface area contributed by atoms with Crippen molar-refractivity contribution >= 4 is 56.6 Å². The predicted octanol–water partition coefficient (Wildman–Crippen LogP) is 5.07. The Balaban J connectivity index is 1.24. The number of hydrogen-bond acceptors (Lipinski definition) is 8. The van der Waals surface area contributed by atoms with Gasteiger partial charge in [0.15, 0.2) is 0 Å². The third-order valence-corrected chi connectivity index (χ3v) is 8.32. The van der Waals surface area contributed by atoms with Gasteiger partial charge < -0.3 is 20.7 Å². The Labute approximate surface area is 239 Å². The summed E-state index contributed by atoms with van der Waals surface area (Å²) in [6.07, 6.45) is 8.69. The Hall–Kier alpha value is -4.84. The van der Waals surface area contributed by atoms with E-state index in [2.05, 4.69) is 37.5 Å². The summed E-state index contributed by atoms with van der Waals surface area (Å²) >= 11 is 1.23. The Kier molecular flexibility index (Phi) is 7.06. The summed E-state index contributed by atoms with van der Waals surface area (Å²) in [5, 5.41) is 9.52. The third-order valence-electron chi connectivity index (χ3n) is 7.22. The molecule has 1 aliphatic carbocycles. The zero-order chi connectivity index (χ0) is 28.5. The monoisotopic (exact) mass is 569 g/mol. The number of ether oxygens (including phenoxy) is 1. The molecule has 11 nitrogen and oxygen atoms in total. The van der Waals surface area contributed by atoms with Crippen molar-refractivity contribution in [3.05, 3.63) is 72.1 Å². The number of nitrogens with one attached hydrogen (secondary N) is 3. The molecule has 2 atom stereocenters. The second-order valence-electron chi connectivity index (χ2n) is 9.89. The van der Waals surface area contributed by atoms with Crippen LogP contribution in [0.4, 0.5) is 22.0 Å². The van der Waals surface area contributed by atoms with E-state index in [0.717, 1.165) is 25.0 Å². The molecule has 2 aliphatic rings. The van der Waals surface area contributed by atoms with Gasteiger partial charge in [-0.15, -0.1) is 11.3 Å². The summed E-state index contributed by atoms with van der Waals surface area (Å²) in [7, 11) is 0. The van der Waals surface area contributed by atoms with Crippen LogP contribution in [-0.4, -0.2) is 45.4 Å². The van der Waals surface area contributed by atoms with E-state index in [1.54, 1.807) is 36.8 Å². The largest absolute Gasteiger partial charge is 0.454 e. The van der Waals surface area contributed by atoms with E-state index in [0.29, 0.717) is 50.3 Å². The quantitative estimate of drug-likeness (QED) is 0.252. The third kappa shape index (κ3) is 5.21. The normalized spacial score (nSPS) is 17.7. The minimum atomic E-state index is -0.438. The molecule has 4 amide bonds. The highest BCUT2D eigenvalue weighted by Gasteiger charge is 2.35. The standard InChI is InChI=1S/C29H27N7O4S/c1-3-23(37)33-13-17-5-4-6-20(17)34-27(38)26-25-24-21(11-12-30-28(24)41-26)36(29(39)35-25)22-10-9-19(15-32-22)40-18-8-7-16(2)31-14-18/h3,7-12,14-15,17,20H,1,4-6,13H2,2H3,(H,33,37)(H,34,38)(H,35,39)/t17-,20-/m1/s1. The van der Waals surface area contributed by atoms with Crippen LogP contribution >= 0.6 is 11.3 Å². The van der Waals surface area contributed by atoms with E-state index in [1.165, 1.54) is 22.3 Å². The molecule has 0 radical (unpaired) electrons. The fourth-order valence-electron chi connectivity index (χ4n) is 5.20. The number of rotatable bonds is 8. The van der Waals surface area contributed by atoms with Crippen molar-refractivity contribution in [1.29, 1.82) is 0 Å². The number of thiophene rings is 1. The zero-order valence-electron chi connectivity index (χ0n) is 22.2. The fraction of sp³-hybridized carbons (Fsp3) is 0.241. The Morgan fingerprint density at radius 1 is 1.15 bits per heavy atom.